The lowest BCUT2D eigenvalue weighted by Gasteiger charge is -2.07. The highest BCUT2D eigenvalue weighted by atomic mass is 32.2. The van der Waals surface area contributed by atoms with Crippen LogP contribution < -0.4 is 15.8 Å². The maximum atomic E-state index is 11.0. The molecule has 6 nitrogen and oxygen atoms in total. The maximum absolute atomic E-state index is 11.0. The van der Waals surface area contributed by atoms with Crippen molar-refractivity contribution in [1.29, 1.82) is 0 Å². The third-order valence-corrected chi connectivity index (χ3v) is 2.87. The summed E-state index contributed by atoms with van der Waals surface area (Å²) in [4.78, 5) is 11.0. The molecule has 0 aromatic carbocycles. The quantitative estimate of drug-likeness (QED) is 0.504. The number of amides is 1. The molecule has 1 atom stereocenters. The summed E-state index contributed by atoms with van der Waals surface area (Å²) in [5, 5.41) is 2.47. The lowest BCUT2D eigenvalue weighted by molar-refractivity contribution is -0.121. The molecule has 0 rings (SSSR count). The normalized spacial score (nSPS) is 13.6. The largest absolute Gasteiger partial charge is 0.355 e. The van der Waals surface area contributed by atoms with Crippen molar-refractivity contribution in [1.82, 2.24) is 10.0 Å². The first-order valence-electron chi connectivity index (χ1n) is 4.31. The van der Waals surface area contributed by atoms with E-state index in [1.807, 2.05) is 0 Å². The van der Waals surface area contributed by atoms with Gasteiger partial charge in [0, 0.05) is 19.0 Å². The molecule has 1 unspecified atom stereocenters. The summed E-state index contributed by atoms with van der Waals surface area (Å²) >= 11 is 0. The van der Waals surface area contributed by atoms with Crippen molar-refractivity contribution in [3.8, 4) is 0 Å². The van der Waals surface area contributed by atoms with Crippen LogP contribution in [0.1, 0.15) is 13.3 Å². The monoisotopic (exact) mass is 223 g/mol. The average Bonchev–Trinajstić information content (AvgIpc) is 2.02. The van der Waals surface area contributed by atoms with Crippen molar-refractivity contribution < 1.29 is 13.2 Å². The molecule has 7 heteroatoms. The fourth-order valence-electron chi connectivity index (χ4n) is 0.791. The van der Waals surface area contributed by atoms with Gasteiger partial charge in [-0.25, -0.2) is 13.1 Å². The Kier molecular flexibility index (Phi) is 5.66. The smallest absolute Gasteiger partial charge is 0.221 e. The molecule has 84 valence electrons. The third kappa shape index (κ3) is 6.81. The van der Waals surface area contributed by atoms with Crippen LogP contribution in [0.5, 0.6) is 0 Å². The van der Waals surface area contributed by atoms with Crippen LogP contribution in [0, 0.1) is 0 Å². The highest BCUT2D eigenvalue weighted by Crippen LogP contribution is 1.86. The molecule has 0 aliphatic rings. The summed E-state index contributed by atoms with van der Waals surface area (Å²) in [5.41, 5.74) is 5.39. The first-order chi connectivity index (χ1) is 6.37. The first-order valence-corrected chi connectivity index (χ1v) is 5.96. The van der Waals surface area contributed by atoms with Gasteiger partial charge in [0.25, 0.3) is 0 Å². The molecule has 0 heterocycles. The van der Waals surface area contributed by atoms with Crippen molar-refractivity contribution in [3.05, 3.63) is 0 Å². The van der Waals surface area contributed by atoms with Gasteiger partial charge in [-0.05, 0) is 14.0 Å². The molecule has 0 fully saturated rings. The Hall–Kier alpha value is -0.660. The molecule has 0 spiro atoms. The SMILES string of the molecule is CNS(=O)(=O)CCNC(=O)CC(C)N. The predicted molar refractivity (Wildman–Crippen MR) is 54.1 cm³/mol. The van der Waals surface area contributed by atoms with Crippen LogP contribution in [0.15, 0.2) is 0 Å². The number of carbonyl (C=O) groups excluding carboxylic acids is 1. The number of nitrogens with one attached hydrogen (secondary N) is 2. The van der Waals surface area contributed by atoms with Crippen molar-refractivity contribution >= 4 is 15.9 Å². The Morgan fingerprint density at radius 2 is 2.07 bits per heavy atom. The Balaban J connectivity index is 3.70. The van der Waals surface area contributed by atoms with E-state index in [2.05, 4.69) is 10.0 Å². The molecule has 0 aromatic heterocycles. The zero-order chi connectivity index (χ0) is 11.2. The third-order valence-electron chi connectivity index (χ3n) is 1.51. The molecule has 1 amide bonds. The fraction of sp³-hybridized carbons (Fsp3) is 0.857. The Labute approximate surface area is 84.3 Å². The number of nitrogens with two attached hydrogens (primary N) is 1. The highest BCUT2D eigenvalue weighted by molar-refractivity contribution is 7.89. The van der Waals surface area contributed by atoms with Gasteiger partial charge < -0.3 is 11.1 Å². The molecule has 0 aliphatic carbocycles. The van der Waals surface area contributed by atoms with Gasteiger partial charge in [-0.2, -0.15) is 0 Å². The number of hydrogen-bond donors (Lipinski definition) is 3. The van der Waals surface area contributed by atoms with Crippen LogP contribution >= 0.6 is 0 Å². The van der Waals surface area contributed by atoms with Crippen LogP contribution in [0.25, 0.3) is 0 Å². The standard InChI is InChI=1S/C7H17N3O3S/c1-6(8)5-7(11)10-3-4-14(12,13)9-2/h6,9H,3-5,8H2,1-2H3,(H,10,11). The first kappa shape index (κ1) is 13.3. The van der Waals surface area contributed by atoms with E-state index < -0.39 is 10.0 Å². The molecule has 0 radical (unpaired) electrons. The number of rotatable bonds is 6. The molecule has 4 N–H and O–H groups in total. The second-order valence-electron chi connectivity index (χ2n) is 3.05. The van der Waals surface area contributed by atoms with Gasteiger partial charge in [0.2, 0.25) is 15.9 Å². The summed E-state index contributed by atoms with van der Waals surface area (Å²) in [7, 11) is -1.91. The van der Waals surface area contributed by atoms with Crippen molar-refractivity contribution in [2.75, 3.05) is 19.3 Å². The van der Waals surface area contributed by atoms with Gasteiger partial charge in [-0.1, -0.05) is 0 Å². The zero-order valence-corrected chi connectivity index (χ0v) is 9.23. The molecule has 0 aromatic rings. The lowest BCUT2D eigenvalue weighted by atomic mass is 10.2. The second-order valence-corrected chi connectivity index (χ2v) is 5.10. The van der Waals surface area contributed by atoms with Gasteiger partial charge in [0.15, 0.2) is 0 Å². The van der Waals surface area contributed by atoms with E-state index in [1.165, 1.54) is 7.05 Å². The predicted octanol–water partition coefficient (Wildman–Crippen LogP) is -1.61. The van der Waals surface area contributed by atoms with E-state index >= 15 is 0 Å². The summed E-state index contributed by atoms with van der Waals surface area (Å²) < 4.78 is 24.0. The number of carbonyl (C=O) groups is 1. The van der Waals surface area contributed by atoms with E-state index in [0.717, 1.165) is 0 Å². The van der Waals surface area contributed by atoms with Crippen molar-refractivity contribution in [2.45, 2.75) is 19.4 Å². The zero-order valence-electron chi connectivity index (χ0n) is 8.41. The summed E-state index contributed by atoms with van der Waals surface area (Å²) in [5.74, 6) is -0.347. The molecule has 0 saturated carbocycles. The maximum Gasteiger partial charge on any atom is 0.221 e. The van der Waals surface area contributed by atoms with Crippen molar-refractivity contribution in [3.63, 3.8) is 0 Å². The van der Waals surface area contributed by atoms with Gasteiger partial charge in [-0.3, -0.25) is 4.79 Å². The molecular formula is C7H17N3O3S. The topological polar surface area (TPSA) is 101 Å². The minimum absolute atomic E-state index is 0.106. The van der Waals surface area contributed by atoms with Crippen LogP contribution in [0.3, 0.4) is 0 Å². The van der Waals surface area contributed by atoms with Crippen molar-refractivity contribution in [2.24, 2.45) is 5.73 Å². The van der Waals surface area contributed by atoms with Crippen LogP contribution in [-0.4, -0.2) is 39.7 Å². The van der Waals surface area contributed by atoms with E-state index in [9.17, 15) is 13.2 Å². The van der Waals surface area contributed by atoms with Gasteiger partial charge in [-0.15, -0.1) is 0 Å². The molecule has 0 bridgehead atoms. The van der Waals surface area contributed by atoms with Gasteiger partial charge >= 0.3 is 0 Å². The van der Waals surface area contributed by atoms with E-state index in [0.29, 0.717) is 0 Å². The summed E-state index contributed by atoms with van der Waals surface area (Å²) in [6, 6.07) is -0.212. The Morgan fingerprint density at radius 3 is 2.50 bits per heavy atom. The fourth-order valence-corrected chi connectivity index (χ4v) is 1.37. The Morgan fingerprint density at radius 1 is 1.50 bits per heavy atom. The number of sulfonamides is 1. The lowest BCUT2D eigenvalue weighted by Crippen LogP contribution is -2.35. The number of hydrogen-bond acceptors (Lipinski definition) is 4. The molecular weight excluding hydrogens is 206 g/mol. The molecule has 14 heavy (non-hydrogen) atoms. The minimum atomic E-state index is -3.24. The van der Waals surface area contributed by atoms with Gasteiger partial charge in [0.05, 0.1) is 5.75 Å². The minimum Gasteiger partial charge on any atom is -0.355 e. The van der Waals surface area contributed by atoms with Gasteiger partial charge in [0.1, 0.15) is 0 Å². The molecule has 0 saturated heterocycles. The van der Waals surface area contributed by atoms with Crippen LogP contribution in [0.4, 0.5) is 0 Å². The highest BCUT2D eigenvalue weighted by Gasteiger charge is 2.08. The second kappa shape index (κ2) is 5.94. The van der Waals surface area contributed by atoms with E-state index in [4.69, 9.17) is 5.73 Å². The summed E-state index contributed by atoms with van der Waals surface area (Å²) in [6.07, 6.45) is 0.208. The average molecular weight is 223 g/mol. The van der Waals surface area contributed by atoms with Crippen LogP contribution in [0.2, 0.25) is 0 Å². The van der Waals surface area contributed by atoms with E-state index in [1.54, 1.807) is 6.92 Å². The summed E-state index contributed by atoms with van der Waals surface area (Å²) in [6.45, 7) is 1.82. The molecule has 0 aliphatic heterocycles. The van der Waals surface area contributed by atoms with E-state index in [-0.39, 0.29) is 30.7 Å². The van der Waals surface area contributed by atoms with Crippen LogP contribution in [-0.2, 0) is 14.8 Å². The Bertz CT molecular complexity index is 274.